The predicted octanol–water partition coefficient (Wildman–Crippen LogP) is 2.90. The van der Waals surface area contributed by atoms with Crippen LogP contribution in [0.2, 0.25) is 0 Å². The largest absolute Gasteiger partial charge is 0.454 e. The molecule has 11 heteroatoms. The molecule has 1 aliphatic heterocycles. The number of carbonyl (C=O) groups excluding carboxylic acids is 2. The predicted molar refractivity (Wildman–Crippen MR) is 134 cm³/mol. The number of hydrogen-bond acceptors (Lipinski definition) is 6. The number of hydrogen-bond donors (Lipinski definition) is 1. The van der Waals surface area contributed by atoms with Crippen molar-refractivity contribution in [2.75, 3.05) is 30.4 Å². The molecule has 1 N–H and O–H groups in total. The van der Waals surface area contributed by atoms with E-state index in [1.807, 2.05) is 13.8 Å². The minimum atomic E-state index is -3.88. The summed E-state index contributed by atoms with van der Waals surface area (Å²) in [5.41, 5.74) is 0.836. The van der Waals surface area contributed by atoms with Gasteiger partial charge in [-0.15, -0.1) is 0 Å². The molecular formula is C25H32FN3O6S. The van der Waals surface area contributed by atoms with E-state index in [1.165, 1.54) is 41.3 Å². The zero-order valence-corrected chi connectivity index (χ0v) is 21.7. The summed E-state index contributed by atoms with van der Waals surface area (Å²) in [7, 11) is -3.88. The van der Waals surface area contributed by atoms with Gasteiger partial charge in [0.25, 0.3) is 0 Å². The summed E-state index contributed by atoms with van der Waals surface area (Å²) in [6.07, 6.45) is 1.31. The zero-order valence-electron chi connectivity index (χ0n) is 20.9. The molecule has 0 aliphatic carbocycles. The van der Waals surface area contributed by atoms with Crippen molar-refractivity contribution >= 4 is 27.5 Å². The highest BCUT2D eigenvalue weighted by Gasteiger charge is 2.32. The number of fused-ring (bicyclic) bond motifs is 1. The lowest BCUT2D eigenvalue weighted by molar-refractivity contribution is -0.140. The monoisotopic (exact) mass is 521 g/mol. The first kappa shape index (κ1) is 27.3. The molecule has 36 heavy (non-hydrogen) atoms. The number of rotatable bonds is 11. The van der Waals surface area contributed by atoms with E-state index in [0.717, 1.165) is 10.6 Å². The summed E-state index contributed by atoms with van der Waals surface area (Å²) in [5.74, 6) is -0.283. The van der Waals surface area contributed by atoms with Gasteiger partial charge in [-0.1, -0.05) is 32.9 Å². The van der Waals surface area contributed by atoms with Crippen LogP contribution in [0.15, 0.2) is 42.5 Å². The molecule has 2 amide bonds. The number of nitrogens with one attached hydrogen (secondary N) is 1. The summed E-state index contributed by atoms with van der Waals surface area (Å²) >= 11 is 0. The molecule has 3 rings (SSSR count). The molecule has 0 radical (unpaired) electrons. The van der Waals surface area contributed by atoms with E-state index in [0.29, 0.717) is 30.0 Å². The first-order valence-corrected chi connectivity index (χ1v) is 13.5. The molecule has 1 heterocycles. The third-order valence-electron chi connectivity index (χ3n) is 5.66. The van der Waals surface area contributed by atoms with Gasteiger partial charge < -0.3 is 19.7 Å². The highest BCUT2D eigenvalue weighted by atomic mass is 32.2. The Balaban J connectivity index is 1.92. The van der Waals surface area contributed by atoms with Crippen LogP contribution in [0.5, 0.6) is 11.5 Å². The molecule has 9 nitrogen and oxygen atoms in total. The van der Waals surface area contributed by atoms with Crippen LogP contribution >= 0.6 is 0 Å². The lowest BCUT2D eigenvalue weighted by atomic mass is 10.1. The fourth-order valence-corrected chi connectivity index (χ4v) is 4.62. The highest BCUT2D eigenvalue weighted by Crippen LogP contribution is 2.36. The van der Waals surface area contributed by atoms with Crippen LogP contribution in [0.3, 0.4) is 0 Å². The number of carbonyl (C=O) groups is 2. The number of amides is 2. The van der Waals surface area contributed by atoms with Gasteiger partial charge in [0, 0.05) is 19.2 Å². The Hall–Kier alpha value is -3.34. The molecule has 1 aliphatic rings. The molecule has 196 valence electrons. The van der Waals surface area contributed by atoms with Crippen LogP contribution < -0.4 is 19.1 Å². The summed E-state index contributed by atoms with van der Waals surface area (Å²) in [6, 6.07) is 9.35. The molecule has 0 bridgehead atoms. The normalized spacial score (nSPS) is 13.4. The molecule has 2 aromatic carbocycles. The van der Waals surface area contributed by atoms with Crippen molar-refractivity contribution in [3.8, 4) is 11.5 Å². The van der Waals surface area contributed by atoms with Crippen LogP contribution in [-0.4, -0.2) is 57.3 Å². The Kier molecular flexibility index (Phi) is 8.78. The van der Waals surface area contributed by atoms with E-state index >= 15 is 0 Å². The zero-order chi connectivity index (χ0) is 26.5. The van der Waals surface area contributed by atoms with Gasteiger partial charge in [-0.2, -0.15) is 0 Å². The number of ether oxygens (including phenoxy) is 2. The standard InChI is InChI=1S/C25H32FN3O6S/c1-5-21(25(31)27-13-17(2)3)28(14-18-6-8-19(26)9-7-18)24(30)15-29(36(4,32)33)20-10-11-22-23(12-20)35-16-34-22/h6-12,17,21H,5,13-16H2,1-4H3,(H,27,31)/t21-/m0/s1. The fourth-order valence-electron chi connectivity index (χ4n) is 3.78. The smallest absolute Gasteiger partial charge is 0.244 e. The van der Waals surface area contributed by atoms with Gasteiger partial charge in [-0.3, -0.25) is 13.9 Å². The Labute approximate surface area is 211 Å². The second kappa shape index (κ2) is 11.6. The Morgan fingerprint density at radius 3 is 2.36 bits per heavy atom. The van der Waals surface area contributed by atoms with Crippen LogP contribution in [0.1, 0.15) is 32.8 Å². The van der Waals surface area contributed by atoms with Crippen LogP contribution in [0.25, 0.3) is 0 Å². The number of sulfonamides is 1. The molecule has 2 aromatic rings. The molecule has 0 unspecified atom stereocenters. The molecule has 0 aromatic heterocycles. The lowest BCUT2D eigenvalue weighted by Gasteiger charge is -2.33. The van der Waals surface area contributed by atoms with Gasteiger partial charge in [0.1, 0.15) is 18.4 Å². The van der Waals surface area contributed by atoms with Gasteiger partial charge in [0.2, 0.25) is 28.6 Å². The maximum absolute atomic E-state index is 13.6. The number of benzene rings is 2. The second-order valence-electron chi connectivity index (χ2n) is 9.02. The van der Waals surface area contributed by atoms with E-state index in [2.05, 4.69) is 5.32 Å². The Morgan fingerprint density at radius 2 is 1.75 bits per heavy atom. The molecule has 0 spiro atoms. The van der Waals surface area contributed by atoms with Crippen LogP contribution in [0, 0.1) is 11.7 Å². The van der Waals surface area contributed by atoms with E-state index in [9.17, 15) is 22.4 Å². The maximum atomic E-state index is 13.6. The second-order valence-corrected chi connectivity index (χ2v) is 10.9. The fraction of sp³-hybridized carbons (Fsp3) is 0.440. The molecule has 0 saturated carbocycles. The third-order valence-corrected chi connectivity index (χ3v) is 6.80. The minimum Gasteiger partial charge on any atom is -0.454 e. The quantitative estimate of drug-likeness (QED) is 0.488. The maximum Gasteiger partial charge on any atom is 0.244 e. The average molecular weight is 522 g/mol. The van der Waals surface area contributed by atoms with E-state index in [1.54, 1.807) is 13.0 Å². The van der Waals surface area contributed by atoms with Crippen molar-refractivity contribution in [2.45, 2.75) is 39.8 Å². The lowest BCUT2D eigenvalue weighted by Crippen LogP contribution is -2.52. The van der Waals surface area contributed by atoms with Gasteiger partial charge in [0.15, 0.2) is 11.5 Å². The number of anilines is 1. The molecule has 0 fully saturated rings. The SMILES string of the molecule is CC[C@@H](C(=O)NCC(C)C)N(Cc1ccc(F)cc1)C(=O)CN(c1ccc2c(c1)OCO2)S(C)(=O)=O. The van der Waals surface area contributed by atoms with Crippen molar-refractivity contribution in [2.24, 2.45) is 5.92 Å². The summed E-state index contributed by atoms with van der Waals surface area (Å²) in [6.45, 7) is 5.61. The minimum absolute atomic E-state index is 0.00542. The van der Waals surface area contributed by atoms with E-state index in [-0.39, 0.29) is 30.9 Å². The van der Waals surface area contributed by atoms with Gasteiger partial charge in [0.05, 0.1) is 11.9 Å². The van der Waals surface area contributed by atoms with Crippen molar-refractivity contribution in [1.29, 1.82) is 0 Å². The Morgan fingerprint density at radius 1 is 1.08 bits per heavy atom. The van der Waals surface area contributed by atoms with E-state index in [4.69, 9.17) is 9.47 Å². The molecular weight excluding hydrogens is 489 g/mol. The topological polar surface area (TPSA) is 105 Å². The van der Waals surface area contributed by atoms with Crippen molar-refractivity contribution in [1.82, 2.24) is 10.2 Å². The summed E-state index contributed by atoms with van der Waals surface area (Å²) in [5, 5.41) is 2.85. The first-order chi connectivity index (χ1) is 17.0. The third kappa shape index (κ3) is 6.87. The van der Waals surface area contributed by atoms with Crippen molar-refractivity contribution in [3.63, 3.8) is 0 Å². The van der Waals surface area contributed by atoms with Crippen LogP contribution in [-0.2, 0) is 26.2 Å². The van der Waals surface area contributed by atoms with Gasteiger partial charge in [-0.05, 0) is 42.2 Å². The summed E-state index contributed by atoms with van der Waals surface area (Å²) in [4.78, 5) is 28.0. The summed E-state index contributed by atoms with van der Waals surface area (Å²) < 4.78 is 50.5. The number of nitrogens with zero attached hydrogens (tertiary/aromatic N) is 2. The molecule has 0 saturated heterocycles. The van der Waals surface area contributed by atoms with E-state index < -0.39 is 34.3 Å². The van der Waals surface area contributed by atoms with Crippen molar-refractivity contribution < 1.29 is 31.9 Å². The van der Waals surface area contributed by atoms with Crippen molar-refractivity contribution in [3.05, 3.63) is 53.8 Å². The van der Waals surface area contributed by atoms with Crippen LogP contribution in [0.4, 0.5) is 10.1 Å². The first-order valence-electron chi connectivity index (χ1n) is 11.7. The average Bonchev–Trinajstić information content (AvgIpc) is 3.29. The highest BCUT2D eigenvalue weighted by molar-refractivity contribution is 7.92. The Bertz CT molecular complexity index is 1190. The van der Waals surface area contributed by atoms with Gasteiger partial charge in [-0.25, -0.2) is 12.8 Å². The van der Waals surface area contributed by atoms with Gasteiger partial charge >= 0.3 is 0 Å². The molecule has 1 atom stereocenters. The number of halogens is 1.